The van der Waals surface area contributed by atoms with Gasteiger partial charge in [-0.05, 0) is 95.1 Å². The van der Waals surface area contributed by atoms with Crippen molar-refractivity contribution < 1.29 is 88.9 Å². The number of phenolic OH excluding ortho intramolecular Hbond substituents is 8. The van der Waals surface area contributed by atoms with Crippen LogP contribution >= 0.6 is 0 Å². The standard InChI is InChI=1S/C43H36O18/c44-27-9-1-23(17-31(27)48)5-13-37(52)58-35-21-43(42(56)57,61-40(55)16-8-26-4-12-30(47)34(51)20-26)22-36(59-38(53)14-6-24-2-10-28(45)32(49)18-24)41(35)60-39(54)15-7-25-3-11-29(46)33(50)19-25/h1-20,35-36,41,44-51H,21-22H2,(H,56,57)/b13-5-,14-6+,15-7+,16-8+/t35-,36-,41?,43?/m1/s1. The molecule has 0 spiro atoms. The van der Waals surface area contributed by atoms with E-state index in [9.17, 15) is 69.9 Å². The van der Waals surface area contributed by atoms with Crippen LogP contribution in [0.25, 0.3) is 24.3 Å². The van der Waals surface area contributed by atoms with E-state index in [4.69, 9.17) is 18.9 Å². The second-order valence-electron chi connectivity index (χ2n) is 13.3. The van der Waals surface area contributed by atoms with Gasteiger partial charge in [0.05, 0.1) is 0 Å². The highest BCUT2D eigenvalue weighted by Gasteiger charge is 2.57. The van der Waals surface area contributed by atoms with Crippen LogP contribution in [0, 0.1) is 0 Å². The van der Waals surface area contributed by atoms with Gasteiger partial charge in [0, 0.05) is 37.1 Å². The highest BCUT2D eigenvalue weighted by Crippen LogP contribution is 2.39. The van der Waals surface area contributed by atoms with Gasteiger partial charge in [-0.1, -0.05) is 24.3 Å². The summed E-state index contributed by atoms with van der Waals surface area (Å²) in [6, 6.07) is 14.3. The average Bonchev–Trinajstić information content (AvgIpc) is 3.20. The van der Waals surface area contributed by atoms with Crippen molar-refractivity contribution in [3.63, 3.8) is 0 Å². The van der Waals surface area contributed by atoms with Gasteiger partial charge in [-0.25, -0.2) is 24.0 Å². The molecule has 1 fully saturated rings. The number of ether oxygens (including phenoxy) is 4. The lowest BCUT2D eigenvalue weighted by Crippen LogP contribution is -2.60. The number of hydrogen-bond donors (Lipinski definition) is 9. The number of hydrogen-bond acceptors (Lipinski definition) is 17. The second-order valence-corrected chi connectivity index (χ2v) is 13.3. The van der Waals surface area contributed by atoms with Gasteiger partial charge in [-0.3, -0.25) is 0 Å². The number of carbonyl (C=O) groups excluding carboxylic acids is 4. The molecule has 1 saturated carbocycles. The Bertz CT molecular complexity index is 2380. The molecule has 18 nitrogen and oxygen atoms in total. The number of aliphatic carboxylic acids is 1. The van der Waals surface area contributed by atoms with E-state index in [0.29, 0.717) is 0 Å². The Morgan fingerprint density at radius 2 is 0.738 bits per heavy atom. The first-order chi connectivity index (χ1) is 28.9. The van der Waals surface area contributed by atoms with Crippen molar-refractivity contribution >= 4 is 54.2 Å². The molecule has 0 heterocycles. The zero-order chi connectivity index (χ0) is 44.4. The molecule has 61 heavy (non-hydrogen) atoms. The highest BCUT2D eigenvalue weighted by atomic mass is 16.6. The molecule has 5 rings (SSSR count). The maximum Gasteiger partial charge on any atom is 0.348 e. The molecule has 9 N–H and O–H groups in total. The van der Waals surface area contributed by atoms with Gasteiger partial charge in [-0.2, -0.15) is 0 Å². The third-order valence-corrected chi connectivity index (χ3v) is 8.91. The third-order valence-electron chi connectivity index (χ3n) is 8.91. The summed E-state index contributed by atoms with van der Waals surface area (Å²) in [5, 5.41) is 88.5. The molecule has 0 amide bonds. The summed E-state index contributed by atoms with van der Waals surface area (Å²) in [6.07, 6.45) is 0.634. The number of aromatic hydroxyl groups is 8. The van der Waals surface area contributed by atoms with Crippen LogP contribution in [-0.2, 0) is 42.9 Å². The van der Waals surface area contributed by atoms with Crippen LogP contribution < -0.4 is 0 Å². The molecule has 4 aromatic rings. The molecular formula is C43H36O18. The summed E-state index contributed by atoms with van der Waals surface area (Å²) in [4.78, 5) is 66.3. The molecule has 0 aliphatic heterocycles. The zero-order valence-electron chi connectivity index (χ0n) is 31.4. The smallest absolute Gasteiger partial charge is 0.348 e. The van der Waals surface area contributed by atoms with Crippen molar-refractivity contribution in [1.82, 2.24) is 0 Å². The van der Waals surface area contributed by atoms with Crippen molar-refractivity contribution in [2.45, 2.75) is 36.8 Å². The SMILES string of the molecule is O=C(/C=C\c1ccc(O)c(O)c1)O[C@@H]1CC(OC(=O)/C=C/c2ccc(O)c(O)c2)(C(=O)O)C[C@@H](OC(=O)/C=C/c2ccc(O)c(O)c2)C1OC(=O)/C=C/c1ccc(O)c(O)c1. The van der Waals surface area contributed by atoms with Crippen molar-refractivity contribution in [1.29, 1.82) is 0 Å². The van der Waals surface area contributed by atoms with Crippen molar-refractivity contribution in [3.8, 4) is 46.0 Å². The first-order valence-corrected chi connectivity index (χ1v) is 17.8. The van der Waals surface area contributed by atoms with Crippen LogP contribution in [0.2, 0.25) is 0 Å². The molecule has 4 aromatic carbocycles. The van der Waals surface area contributed by atoms with Crippen molar-refractivity contribution in [2.24, 2.45) is 0 Å². The van der Waals surface area contributed by atoms with Crippen molar-refractivity contribution in [3.05, 3.63) is 119 Å². The van der Waals surface area contributed by atoms with Crippen LogP contribution in [0.1, 0.15) is 35.1 Å². The van der Waals surface area contributed by atoms with E-state index in [2.05, 4.69) is 0 Å². The first kappa shape index (κ1) is 43.7. The lowest BCUT2D eigenvalue weighted by molar-refractivity contribution is -0.217. The van der Waals surface area contributed by atoms with Gasteiger partial charge in [0.1, 0.15) is 12.2 Å². The Balaban J connectivity index is 1.52. The molecular weight excluding hydrogens is 804 g/mol. The largest absolute Gasteiger partial charge is 0.504 e. The number of carboxylic acids is 1. The van der Waals surface area contributed by atoms with Crippen LogP contribution in [-0.4, -0.2) is 99.7 Å². The molecule has 2 unspecified atom stereocenters. The Kier molecular flexibility index (Phi) is 13.5. The zero-order valence-corrected chi connectivity index (χ0v) is 31.4. The molecule has 316 valence electrons. The van der Waals surface area contributed by atoms with Crippen LogP contribution in [0.3, 0.4) is 0 Å². The van der Waals surface area contributed by atoms with Gasteiger partial charge in [0.25, 0.3) is 0 Å². The number of phenols is 8. The summed E-state index contributed by atoms with van der Waals surface area (Å²) in [5.41, 5.74) is -1.86. The molecule has 0 radical (unpaired) electrons. The number of carbonyl (C=O) groups is 5. The minimum atomic E-state index is -2.66. The first-order valence-electron chi connectivity index (χ1n) is 17.8. The second kappa shape index (κ2) is 18.9. The fourth-order valence-electron chi connectivity index (χ4n) is 5.89. The normalized spacial score (nSPS) is 18.9. The van der Waals surface area contributed by atoms with E-state index in [0.717, 1.165) is 91.1 Å². The molecule has 0 bridgehead atoms. The molecule has 0 aromatic heterocycles. The molecule has 1 aliphatic carbocycles. The van der Waals surface area contributed by atoms with Crippen LogP contribution in [0.15, 0.2) is 97.1 Å². The minimum absolute atomic E-state index is 0.184. The van der Waals surface area contributed by atoms with E-state index < -0.39 is 113 Å². The number of benzene rings is 4. The lowest BCUT2D eigenvalue weighted by Gasteiger charge is -2.43. The summed E-state index contributed by atoms with van der Waals surface area (Å²) < 4.78 is 22.3. The number of carboxylic acid groups (broad SMARTS) is 1. The van der Waals surface area contributed by atoms with E-state index in [1.807, 2.05) is 0 Å². The van der Waals surface area contributed by atoms with Gasteiger partial charge < -0.3 is 64.9 Å². The van der Waals surface area contributed by atoms with Crippen molar-refractivity contribution in [2.75, 3.05) is 0 Å². The maximum atomic E-state index is 13.3. The summed E-state index contributed by atoms with van der Waals surface area (Å²) >= 11 is 0. The third kappa shape index (κ3) is 11.6. The summed E-state index contributed by atoms with van der Waals surface area (Å²) in [5.74, 6) is -10.5. The van der Waals surface area contributed by atoms with E-state index in [1.54, 1.807) is 0 Å². The topological polar surface area (TPSA) is 304 Å². The monoisotopic (exact) mass is 840 g/mol. The lowest BCUT2D eigenvalue weighted by atomic mass is 9.79. The number of esters is 4. The summed E-state index contributed by atoms with van der Waals surface area (Å²) in [7, 11) is 0. The number of rotatable bonds is 13. The fraction of sp³-hybridized carbons (Fsp3) is 0.140. The van der Waals surface area contributed by atoms with Crippen LogP contribution in [0.4, 0.5) is 0 Å². The van der Waals surface area contributed by atoms with Gasteiger partial charge in [-0.15, -0.1) is 0 Å². The highest BCUT2D eigenvalue weighted by molar-refractivity contribution is 5.92. The predicted octanol–water partition coefficient (Wildman–Crippen LogP) is 4.38. The van der Waals surface area contributed by atoms with Crippen LogP contribution in [0.5, 0.6) is 46.0 Å². The van der Waals surface area contributed by atoms with Gasteiger partial charge in [0.2, 0.25) is 5.60 Å². The Labute approximate surface area is 344 Å². The molecule has 4 atom stereocenters. The Hall–Kier alpha value is -8.41. The van der Waals surface area contributed by atoms with E-state index in [-0.39, 0.29) is 22.3 Å². The molecule has 1 aliphatic rings. The van der Waals surface area contributed by atoms with Gasteiger partial charge >= 0.3 is 29.8 Å². The fourth-order valence-corrected chi connectivity index (χ4v) is 5.89. The average molecular weight is 841 g/mol. The maximum absolute atomic E-state index is 13.3. The Morgan fingerprint density at radius 1 is 0.443 bits per heavy atom. The minimum Gasteiger partial charge on any atom is -0.504 e. The van der Waals surface area contributed by atoms with E-state index in [1.165, 1.54) is 30.3 Å². The molecule has 0 saturated heterocycles. The quantitative estimate of drug-likeness (QED) is 0.0390. The Morgan fingerprint density at radius 3 is 1.03 bits per heavy atom. The predicted molar refractivity (Wildman–Crippen MR) is 211 cm³/mol. The molecule has 18 heteroatoms. The van der Waals surface area contributed by atoms with Gasteiger partial charge in [0.15, 0.2) is 52.1 Å². The van der Waals surface area contributed by atoms with E-state index >= 15 is 0 Å². The summed E-state index contributed by atoms with van der Waals surface area (Å²) in [6.45, 7) is 0.